The van der Waals surface area contributed by atoms with Crippen LogP contribution in [-0.2, 0) is 22.7 Å². The smallest absolute Gasteiger partial charge is 0.144 e. The van der Waals surface area contributed by atoms with E-state index in [1.807, 2.05) is 0 Å². The molecule has 1 heterocycles. The fourth-order valence-electron chi connectivity index (χ4n) is 13.8. The molecule has 4 aliphatic carbocycles. The van der Waals surface area contributed by atoms with Gasteiger partial charge in [-0.3, -0.25) is 0 Å². The number of benzene rings is 9. The predicted molar refractivity (Wildman–Crippen MR) is 279 cm³/mol. The Kier molecular flexibility index (Phi) is 7.70. The molecule has 0 bridgehead atoms. The molecule has 0 fully saturated rings. The van der Waals surface area contributed by atoms with Gasteiger partial charge in [-0.15, -0.1) is 0 Å². The van der Waals surface area contributed by atoms with Gasteiger partial charge in [-0.2, -0.15) is 0 Å². The molecule has 1 atom stereocenters. The third kappa shape index (κ3) is 4.99. The maximum atomic E-state index is 6.98. The summed E-state index contributed by atoms with van der Waals surface area (Å²) in [6.45, 7) is 17.0. The van der Waals surface area contributed by atoms with Crippen molar-refractivity contribution in [1.82, 2.24) is 0 Å². The number of rotatable bonds is 4. The fraction of sp³-hybridized carbons (Fsp3) is 0.182. The Bertz CT molecular complexity index is 3810. The van der Waals surface area contributed by atoms with Crippen molar-refractivity contribution < 1.29 is 4.42 Å². The zero-order chi connectivity index (χ0) is 45.3. The zero-order valence-corrected chi connectivity index (χ0v) is 39.4. The van der Waals surface area contributed by atoms with Crippen molar-refractivity contribution in [1.29, 1.82) is 0 Å². The third-order valence-corrected chi connectivity index (χ3v) is 16.9. The van der Waals surface area contributed by atoms with Crippen LogP contribution in [0, 0.1) is 6.92 Å². The first-order chi connectivity index (χ1) is 32.4. The minimum absolute atomic E-state index is 0.0333. The summed E-state index contributed by atoms with van der Waals surface area (Å²) in [4.78, 5) is 0. The Morgan fingerprint density at radius 2 is 1.00 bits per heavy atom. The van der Waals surface area contributed by atoms with Gasteiger partial charge in [-0.05, 0) is 142 Å². The normalized spacial score (nSPS) is 16.2. The van der Waals surface area contributed by atoms with Gasteiger partial charge >= 0.3 is 0 Å². The van der Waals surface area contributed by atoms with Gasteiger partial charge in [0.1, 0.15) is 11.2 Å². The van der Waals surface area contributed by atoms with Crippen molar-refractivity contribution in [2.75, 3.05) is 0 Å². The third-order valence-electron chi connectivity index (χ3n) is 16.9. The number of furan rings is 1. The highest BCUT2D eigenvalue weighted by atomic mass is 16.3. The van der Waals surface area contributed by atoms with Crippen LogP contribution in [0.15, 0.2) is 174 Å². The van der Waals surface area contributed by atoms with E-state index in [4.69, 9.17) is 4.42 Å². The molecule has 0 saturated carbocycles. The second-order valence-electron chi connectivity index (χ2n) is 21.5. The number of fused-ring (bicyclic) bond motifs is 19. The zero-order valence-electron chi connectivity index (χ0n) is 39.4. The van der Waals surface area contributed by atoms with E-state index in [0.29, 0.717) is 0 Å². The lowest BCUT2D eigenvalue weighted by Crippen LogP contribution is -2.24. The molecule has 9 aromatic carbocycles. The minimum atomic E-state index is -0.273. The maximum absolute atomic E-state index is 6.98. The molecule has 1 aromatic heterocycles. The molecular formula is C66H52O. The Morgan fingerprint density at radius 3 is 1.76 bits per heavy atom. The molecule has 0 saturated heterocycles. The summed E-state index contributed by atoms with van der Waals surface area (Å²) in [6, 6.07) is 64.5. The molecule has 1 unspecified atom stereocenters. The molecular weight excluding hydrogens is 809 g/mol. The molecule has 0 N–H and O–H groups in total. The van der Waals surface area contributed by atoms with Crippen LogP contribution in [0.4, 0.5) is 0 Å². The highest BCUT2D eigenvalue weighted by molar-refractivity contribution is 6.20. The van der Waals surface area contributed by atoms with E-state index in [-0.39, 0.29) is 22.2 Å². The summed E-state index contributed by atoms with van der Waals surface area (Å²) in [5, 5.41) is 2.44. The van der Waals surface area contributed by atoms with Crippen molar-refractivity contribution in [2.24, 2.45) is 0 Å². The van der Waals surface area contributed by atoms with Gasteiger partial charge in [-0.1, -0.05) is 199 Å². The molecule has 0 amide bonds. The highest BCUT2D eigenvalue weighted by Gasteiger charge is 2.49. The quantitative estimate of drug-likeness (QED) is 0.161. The van der Waals surface area contributed by atoms with Crippen LogP contribution < -0.4 is 0 Å². The summed E-state index contributed by atoms with van der Waals surface area (Å²) in [6.07, 6.45) is 0.959. The van der Waals surface area contributed by atoms with Crippen LogP contribution in [0.1, 0.15) is 114 Å². The Hall–Kier alpha value is -7.22. The van der Waals surface area contributed by atoms with E-state index in [0.717, 1.165) is 17.6 Å². The van der Waals surface area contributed by atoms with Gasteiger partial charge in [0, 0.05) is 38.5 Å². The van der Waals surface area contributed by atoms with Crippen LogP contribution in [0.3, 0.4) is 0 Å². The first kappa shape index (κ1) is 39.0. The topological polar surface area (TPSA) is 13.1 Å². The maximum Gasteiger partial charge on any atom is 0.144 e. The summed E-state index contributed by atoms with van der Waals surface area (Å²) >= 11 is 0. The van der Waals surface area contributed by atoms with Crippen molar-refractivity contribution >= 4 is 21.9 Å². The Balaban J connectivity index is 0.974. The van der Waals surface area contributed by atoms with Gasteiger partial charge in [0.2, 0.25) is 0 Å². The first-order valence-corrected chi connectivity index (χ1v) is 24.3. The second-order valence-corrected chi connectivity index (χ2v) is 21.5. The summed E-state index contributed by atoms with van der Waals surface area (Å²) in [7, 11) is 0. The molecule has 322 valence electrons. The van der Waals surface area contributed by atoms with Crippen LogP contribution in [0.25, 0.3) is 77.6 Å². The number of para-hydroxylation sites is 1. The number of hydrogen-bond donors (Lipinski definition) is 0. The van der Waals surface area contributed by atoms with Gasteiger partial charge in [0.25, 0.3) is 0 Å². The van der Waals surface area contributed by atoms with Crippen LogP contribution in [-0.4, -0.2) is 0 Å². The monoisotopic (exact) mass is 860 g/mol. The molecule has 10 aromatic rings. The van der Waals surface area contributed by atoms with Gasteiger partial charge in [-0.25, -0.2) is 0 Å². The van der Waals surface area contributed by atoms with E-state index < -0.39 is 0 Å². The second kappa shape index (κ2) is 13.2. The molecule has 0 radical (unpaired) electrons. The van der Waals surface area contributed by atoms with Crippen molar-refractivity contribution in [3.05, 3.63) is 237 Å². The molecule has 4 aliphatic rings. The van der Waals surface area contributed by atoms with Crippen LogP contribution in [0.5, 0.6) is 0 Å². The Morgan fingerprint density at radius 1 is 0.418 bits per heavy atom. The van der Waals surface area contributed by atoms with E-state index in [9.17, 15) is 0 Å². The molecule has 0 spiro atoms. The SMILES string of the molecule is Cc1ccccc1-c1cc2c(c3c1Cc1ccccc1-3)-c1ccc(C(c3ccccc3)c3ccc4c(c3)C(C)(C)c3c5c(c6oc7ccccc7c6c3-4)-c3ccccc3C5(C)C)cc1C2(C)C. The van der Waals surface area contributed by atoms with Crippen LogP contribution in [0.2, 0.25) is 0 Å². The lowest BCUT2D eigenvalue weighted by Gasteiger charge is -2.31. The lowest BCUT2D eigenvalue weighted by molar-refractivity contribution is 0.599. The number of aryl methyl sites for hydroxylation is 1. The largest absolute Gasteiger partial charge is 0.455 e. The van der Waals surface area contributed by atoms with E-state index >= 15 is 0 Å². The van der Waals surface area contributed by atoms with E-state index in [1.54, 1.807) is 0 Å². The first-order valence-electron chi connectivity index (χ1n) is 24.3. The molecule has 1 heteroatoms. The van der Waals surface area contributed by atoms with Gasteiger partial charge < -0.3 is 4.42 Å². The lowest BCUT2D eigenvalue weighted by atomic mass is 9.71. The average Bonchev–Trinajstić information content (AvgIpc) is 4.09. The van der Waals surface area contributed by atoms with Crippen molar-refractivity contribution in [2.45, 2.75) is 77.0 Å². The molecule has 67 heavy (non-hydrogen) atoms. The predicted octanol–water partition coefficient (Wildman–Crippen LogP) is 17.2. The van der Waals surface area contributed by atoms with Crippen LogP contribution >= 0.6 is 0 Å². The van der Waals surface area contributed by atoms with Crippen molar-refractivity contribution in [3.63, 3.8) is 0 Å². The molecule has 0 aliphatic heterocycles. The molecule has 14 rings (SSSR count). The Labute approximate surface area is 393 Å². The summed E-state index contributed by atoms with van der Waals surface area (Å²) < 4.78 is 6.98. The summed E-state index contributed by atoms with van der Waals surface area (Å²) in [5.74, 6) is 0.0333. The minimum Gasteiger partial charge on any atom is -0.455 e. The fourth-order valence-corrected chi connectivity index (χ4v) is 13.8. The van der Waals surface area contributed by atoms with Gasteiger partial charge in [0.05, 0.1) is 0 Å². The van der Waals surface area contributed by atoms with Crippen molar-refractivity contribution in [3.8, 4) is 55.6 Å². The van der Waals surface area contributed by atoms with E-state index in [2.05, 4.69) is 218 Å². The number of hydrogen-bond acceptors (Lipinski definition) is 1. The summed E-state index contributed by atoms with van der Waals surface area (Å²) in [5.41, 5.74) is 31.5. The average molecular weight is 861 g/mol. The van der Waals surface area contributed by atoms with E-state index in [1.165, 1.54) is 133 Å². The standard InChI is InChI=1S/C66H52O/c1-37-19-11-13-23-42(37)48-36-53-57(56-43-24-14-12-22-39(43)33-49(48)56)45-31-29-40(34-51(45)64(53,2)3)55(38-20-9-8-10-21-38)41-30-32-46-52(35-41)66(6,7)61-58(46)59-47-26-16-18-28-54(47)67-63(59)60-44-25-15-17-27-50(44)65(4,5)62(60)61/h8-32,34-36,55H,33H2,1-7H3. The molecule has 1 nitrogen and oxygen atoms in total. The highest BCUT2D eigenvalue weighted by Crippen LogP contribution is 2.64. The van der Waals surface area contributed by atoms with Gasteiger partial charge in [0.15, 0.2) is 0 Å².